The van der Waals surface area contributed by atoms with Crippen molar-refractivity contribution in [3.05, 3.63) is 0 Å². The number of likely N-dealkylation sites (tertiary alicyclic amines) is 1. The van der Waals surface area contributed by atoms with Crippen LogP contribution in [0.4, 0.5) is 4.79 Å². The van der Waals surface area contributed by atoms with Crippen LogP contribution in [0.25, 0.3) is 0 Å². The van der Waals surface area contributed by atoms with Crippen molar-refractivity contribution in [3.8, 4) is 0 Å². The lowest BCUT2D eigenvalue weighted by Gasteiger charge is -2.18. The van der Waals surface area contributed by atoms with E-state index in [-0.39, 0.29) is 18.7 Å². The number of aliphatic hydroxyl groups excluding tert-OH is 1. The average Bonchev–Trinajstić information content (AvgIpc) is 2.75. The van der Waals surface area contributed by atoms with Crippen LogP contribution in [0.3, 0.4) is 0 Å². The van der Waals surface area contributed by atoms with Crippen molar-refractivity contribution in [2.24, 2.45) is 5.92 Å². The van der Waals surface area contributed by atoms with E-state index in [1.165, 1.54) is 0 Å². The van der Waals surface area contributed by atoms with Gasteiger partial charge in [-0.2, -0.15) is 0 Å². The Morgan fingerprint density at radius 1 is 1.53 bits per heavy atom. The first kappa shape index (κ1) is 10.7. The molecule has 5 nitrogen and oxygen atoms in total. The first-order valence-corrected chi connectivity index (χ1v) is 5.55. The van der Waals surface area contributed by atoms with E-state index in [2.05, 4.69) is 17.3 Å². The Bertz CT molecular complexity index is 247. The molecule has 2 heterocycles. The summed E-state index contributed by atoms with van der Waals surface area (Å²) in [4.78, 5) is 15.5. The summed E-state index contributed by atoms with van der Waals surface area (Å²) in [6.07, 6.45) is 1.16. The van der Waals surface area contributed by atoms with Crippen molar-refractivity contribution in [2.45, 2.75) is 12.5 Å². The van der Waals surface area contributed by atoms with Crippen LogP contribution in [0.15, 0.2) is 0 Å². The third kappa shape index (κ3) is 2.23. The molecule has 0 bridgehead atoms. The van der Waals surface area contributed by atoms with Crippen molar-refractivity contribution in [1.82, 2.24) is 15.1 Å². The second-order valence-electron chi connectivity index (χ2n) is 4.54. The number of hydrogen-bond donors (Lipinski definition) is 2. The molecule has 15 heavy (non-hydrogen) atoms. The van der Waals surface area contributed by atoms with Crippen molar-refractivity contribution in [2.75, 3.05) is 39.8 Å². The Labute approximate surface area is 90.0 Å². The first-order chi connectivity index (χ1) is 7.20. The highest BCUT2D eigenvalue weighted by molar-refractivity contribution is 5.76. The third-order valence-electron chi connectivity index (χ3n) is 3.38. The lowest BCUT2D eigenvalue weighted by Crippen LogP contribution is -2.35. The van der Waals surface area contributed by atoms with E-state index < -0.39 is 0 Å². The summed E-state index contributed by atoms with van der Waals surface area (Å²) in [6.45, 7) is 3.43. The third-order valence-corrected chi connectivity index (χ3v) is 3.38. The minimum Gasteiger partial charge on any atom is -0.395 e. The Morgan fingerprint density at radius 3 is 2.93 bits per heavy atom. The standard InChI is InChI=1S/C10H19N3O2/c1-12-3-2-8(6-12)9-7-13(4-5-14)10(15)11-9/h8-9,14H,2-7H2,1H3,(H,11,15). The molecule has 0 aliphatic carbocycles. The second kappa shape index (κ2) is 4.37. The van der Waals surface area contributed by atoms with Crippen LogP contribution in [0.5, 0.6) is 0 Å². The fourth-order valence-electron chi connectivity index (χ4n) is 2.49. The largest absolute Gasteiger partial charge is 0.395 e. The quantitative estimate of drug-likeness (QED) is 0.653. The van der Waals surface area contributed by atoms with E-state index in [0.29, 0.717) is 12.5 Å². The molecule has 86 valence electrons. The summed E-state index contributed by atoms with van der Waals surface area (Å²) in [5, 5.41) is 11.8. The molecule has 2 aliphatic heterocycles. The zero-order chi connectivity index (χ0) is 10.8. The van der Waals surface area contributed by atoms with Crippen molar-refractivity contribution in [1.29, 1.82) is 0 Å². The fourth-order valence-corrected chi connectivity index (χ4v) is 2.49. The monoisotopic (exact) mass is 213 g/mol. The SMILES string of the molecule is CN1CCC(C2CN(CCO)C(=O)N2)C1. The molecule has 5 heteroatoms. The number of urea groups is 1. The van der Waals surface area contributed by atoms with Crippen molar-refractivity contribution < 1.29 is 9.90 Å². The van der Waals surface area contributed by atoms with E-state index in [1.807, 2.05) is 0 Å². The minimum absolute atomic E-state index is 0.0244. The predicted octanol–water partition coefficient (Wildman–Crippen LogP) is -0.676. The summed E-state index contributed by atoms with van der Waals surface area (Å²) in [6, 6.07) is 0.248. The lowest BCUT2D eigenvalue weighted by molar-refractivity contribution is 0.196. The summed E-state index contributed by atoms with van der Waals surface area (Å²) >= 11 is 0. The normalized spacial score (nSPS) is 32.4. The minimum atomic E-state index is -0.0244. The van der Waals surface area contributed by atoms with Crippen LogP contribution in [0.2, 0.25) is 0 Å². The highest BCUT2D eigenvalue weighted by Gasteiger charge is 2.36. The molecule has 2 aliphatic rings. The van der Waals surface area contributed by atoms with Gasteiger partial charge in [-0.05, 0) is 25.9 Å². The number of aliphatic hydroxyl groups is 1. The molecule has 2 N–H and O–H groups in total. The average molecular weight is 213 g/mol. The molecule has 2 amide bonds. The van der Waals surface area contributed by atoms with Gasteiger partial charge in [0.1, 0.15) is 0 Å². The van der Waals surface area contributed by atoms with Crippen LogP contribution in [-0.4, -0.2) is 66.8 Å². The zero-order valence-electron chi connectivity index (χ0n) is 9.15. The van der Waals surface area contributed by atoms with Gasteiger partial charge < -0.3 is 20.2 Å². The number of carbonyl (C=O) groups is 1. The number of β-amino-alcohol motifs (C(OH)–C–C–N with tert-alkyl or cyclic N) is 1. The molecule has 0 aromatic rings. The van der Waals surface area contributed by atoms with Crippen LogP contribution in [-0.2, 0) is 0 Å². The Morgan fingerprint density at radius 2 is 2.33 bits per heavy atom. The number of hydrogen-bond acceptors (Lipinski definition) is 3. The van der Waals surface area contributed by atoms with Crippen LogP contribution in [0.1, 0.15) is 6.42 Å². The molecule has 2 unspecified atom stereocenters. The molecule has 0 saturated carbocycles. The highest BCUT2D eigenvalue weighted by atomic mass is 16.3. The molecule has 0 spiro atoms. The molecule has 0 aromatic heterocycles. The summed E-state index contributed by atoms with van der Waals surface area (Å²) in [5.41, 5.74) is 0. The number of rotatable bonds is 3. The highest BCUT2D eigenvalue weighted by Crippen LogP contribution is 2.21. The van der Waals surface area contributed by atoms with Gasteiger partial charge >= 0.3 is 6.03 Å². The van der Waals surface area contributed by atoms with Gasteiger partial charge in [-0.1, -0.05) is 0 Å². The number of nitrogens with one attached hydrogen (secondary N) is 1. The number of nitrogens with zero attached hydrogens (tertiary/aromatic N) is 2. The van der Waals surface area contributed by atoms with E-state index >= 15 is 0 Å². The molecular weight excluding hydrogens is 194 g/mol. The number of carbonyl (C=O) groups excluding carboxylic acids is 1. The topological polar surface area (TPSA) is 55.8 Å². The van der Waals surface area contributed by atoms with Gasteiger partial charge in [0.15, 0.2) is 0 Å². The summed E-state index contributed by atoms with van der Waals surface area (Å²) < 4.78 is 0. The molecule has 2 saturated heterocycles. The van der Waals surface area contributed by atoms with Crippen molar-refractivity contribution >= 4 is 6.03 Å². The second-order valence-corrected chi connectivity index (χ2v) is 4.54. The maximum atomic E-state index is 11.5. The molecule has 2 fully saturated rings. The van der Waals surface area contributed by atoms with Gasteiger partial charge in [0.05, 0.1) is 12.6 Å². The maximum Gasteiger partial charge on any atom is 0.317 e. The van der Waals surface area contributed by atoms with E-state index in [0.717, 1.165) is 26.1 Å². The van der Waals surface area contributed by atoms with E-state index in [4.69, 9.17) is 5.11 Å². The van der Waals surface area contributed by atoms with Gasteiger partial charge in [0, 0.05) is 19.6 Å². The smallest absolute Gasteiger partial charge is 0.317 e. The Hall–Kier alpha value is -0.810. The predicted molar refractivity (Wildman–Crippen MR) is 56.6 cm³/mol. The zero-order valence-corrected chi connectivity index (χ0v) is 9.15. The maximum absolute atomic E-state index is 11.5. The molecule has 0 aromatic carbocycles. The van der Waals surface area contributed by atoms with E-state index in [9.17, 15) is 4.79 Å². The Balaban J connectivity index is 1.88. The van der Waals surface area contributed by atoms with Crippen LogP contribution < -0.4 is 5.32 Å². The lowest BCUT2D eigenvalue weighted by atomic mass is 10.00. The Kier molecular flexibility index (Phi) is 3.11. The first-order valence-electron chi connectivity index (χ1n) is 5.55. The molecule has 2 atom stereocenters. The van der Waals surface area contributed by atoms with Gasteiger partial charge in [-0.3, -0.25) is 0 Å². The van der Waals surface area contributed by atoms with Gasteiger partial charge in [-0.25, -0.2) is 4.79 Å². The molecular formula is C10H19N3O2. The van der Waals surface area contributed by atoms with Gasteiger partial charge in [-0.15, -0.1) is 0 Å². The van der Waals surface area contributed by atoms with Crippen LogP contribution >= 0.6 is 0 Å². The summed E-state index contributed by atoms with van der Waals surface area (Å²) in [7, 11) is 2.11. The van der Waals surface area contributed by atoms with Crippen molar-refractivity contribution in [3.63, 3.8) is 0 Å². The van der Waals surface area contributed by atoms with Gasteiger partial charge in [0.2, 0.25) is 0 Å². The van der Waals surface area contributed by atoms with Gasteiger partial charge in [0.25, 0.3) is 0 Å². The molecule has 2 rings (SSSR count). The molecule has 0 radical (unpaired) electrons. The van der Waals surface area contributed by atoms with Crippen LogP contribution in [0, 0.1) is 5.92 Å². The number of amides is 2. The fraction of sp³-hybridized carbons (Fsp3) is 0.900. The summed E-state index contributed by atoms with van der Waals surface area (Å²) in [5.74, 6) is 0.572. The van der Waals surface area contributed by atoms with E-state index in [1.54, 1.807) is 4.90 Å².